The molecule has 1 aliphatic rings. The zero-order valence-electron chi connectivity index (χ0n) is 11.7. The first-order valence-corrected chi connectivity index (χ1v) is 6.72. The van der Waals surface area contributed by atoms with Gasteiger partial charge in [-0.15, -0.1) is 0 Å². The highest BCUT2D eigenvalue weighted by Crippen LogP contribution is 2.26. The van der Waals surface area contributed by atoms with Gasteiger partial charge in [-0.2, -0.15) is 5.10 Å². The molecule has 2 atom stereocenters. The maximum atomic E-state index is 4.54. The van der Waals surface area contributed by atoms with Crippen LogP contribution in [-0.4, -0.2) is 15.7 Å². The Balaban J connectivity index is 2.13. The number of aromatic nitrogens is 2. The SMILES string of the molecule is Cc1cc(C)nc(NN=C2[C@H](C)CCC[C@H]2C)n1. The lowest BCUT2D eigenvalue weighted by Gasteiger charge is -2.26. The van der Waals surface area contributed by atoms with Crippen LogP contribution in [0, 0.1) is 25.7 Å². The first-order chi connectivity index (χ1) is 8.56. The zero-order chi connectivity index (χ0) is 13.1. The van der Waals surface area contributed by atoms with E-state index in [0.717, 1.165) is 11.4 Å². The highest BCUT2D eigenvalue weighted by atomic mass is 15.4. The zero-order valence-corrected chi connectivity index (χ0v) is 11.7. The van der Waals surface area contributed by atoms with Gasteiger partial charge in [0.2, 0.25) is 5.95 Å². The van der Waals surface area contributed by atoms with Gasteiger partial charge < -0.3 is 0 Å². The molecular weight excluding hydrogens is 224 g/mol. The van der Waals surface area contributed by atoms with Gasteiger partial charge in [0.15, 0.2) is 0 Å². The first kappa shape index (κ1) is 13.0. The molecule has 0 saturated heterocycles. The van der Waals surface area contributed by atoms with Crippen LogP contribution < -0.4 is 5.43 Å². The molecule has 1 aromatic heterocycles. The van der Waals surface area contributed by atoms with E-state index in [0.29, 0.717) is 17.8 Å². The van der Waals surface area contributed by atoms with Gasteiger partial charge in [0, 0.05) is 17.1 Å². The Hall–Kier alpha value is -1.45. The Morgan fingerprint density at radius 2 is 1.67 bits per heavy atom. The van der Waals surface area contributed by atoms with E-state index in [9.17, 15) is 0 Å². The molecule has 0 amide bonds. The molecule has 0 aliphatic heterocycles. The quantitative estimate of drug-likeness (QED) is 0.814. The molecule has 2 rings (SSSR count). The average molecular weight is 246 g/mol. The second-order valence-electron chi connectivity index (χ2n) is 5.36. The van der Waals surface area contributed by atoms with Gasteiger partial charge in [-0.3, -0.25) is 0 Å². The van der Waals surface area contributed by atoms with Crippen LogP contribution in [0.2, 0.25) is 0 Å². The Kier molecular flexibility index (Phi) is 3.94. The van der Waals surface area contributed by atoms with Crippen molar-refractivity contribution >= 4 is 11.7 Å². The van der Waals surface area contributed by atoms with E-state index in [1.807, 2.05) is 19.9 Å². The number of nitrogens with zero attached hydrogens (tertiary/aromatic N) is 3. The molecule has 1 heterocycles. The van der Waals surface area contributed by atoms with Crippen molar-refractivity contribution in [2.45, 2.75) is 47.0 Å². The minimum atomic E-state index is 0.562. The van der Waals surface area contributed by atoms with Gasteiger partial charge in [-0.05, 0) is 44.6 Å². The molecule has 4 heteroatoms. The van der Waals surface area contributed by atoms with E-state index in [1.54, 1.807) is 0 Å². The minimum Gasteiger partial charge on any atom is -0.245 e. The lowest BCUT2D eigenvalue weighted by Crippen LogP contribution is -2.25. The standard InChI is InChI=1S/C14H22N4/c1-9-6-5-7-10(2)13(9)17-18-14-15-11(3)8-12(4)16-14/h8-10H,5-7H2,1-4H3,(H,15,16,18)/t9-,10-/m1/s1. The van der Waals surface area contributed by atoms with E-state index >= 15 is 0 Å². The molecule has 0 radical (unpaired) electrons. The summed E-state index contributed by atoms with van der Waals surface area (Å²) < 4.78 is 0. The van der Waals surface area contributed by atoms with E-state index in [4.69, 9.17) is 0 Å². The molecule has 4 nitrogen and oxygen atoms in total. The van der Waals surface area contributed by atoms with E-state index in [1.165, 1.54) is 25.0 Å². The van der Waals surface area contributed by atoms with Crippen molar-refractivity contribution in [2.24, 2.45) is 16.9 Å². The van der Waals surface area contributed by atoms with Crippen molar-refractivity contribution in [2.75, 3.05) is 5.43 Å². The topological polar surface area (TPSA) is 50.2 Å². The molecule has 0 aromatic carbocycles. The van der Waals surface area contributed by atoms with E-state index < -0.39 is 0 Å². The van der Waals surface area contributed by atoms with Gasteiger partial charge in [0.25, 0.3) is 0 Å². The summed E-state index contributed by atoms with van der Waals surface area (Å²) in [6.07, 6.45) is 3.78. The van der Waals surface area contributed by atoms with Crippen molar-refractivity contribution in [1.82, 2.24) is 9.97 Å². The molecule has 98 valence electrons. The normalized spacial score (nSPS) is 23.9. The predicted octanol–water partition coefficient (Wildman–Crippen LogP) is 3.32. The minimum absolute atomic E-state index is 0.562. The van der Waals surface area contributed by atoms with Gasteiger partial charge >= 0.3 is 0 Å². The molecular formula is C14H22N4. The Labute approximate surface area is 109 Å². The Morgan fingerprint density at radius 3 is 2.22 bits per heavy atom. The van der Waals surface area contributed by atoms with Crippen molar-refractivity contribution in [3.8, 4) is 0 Å². The fraction of sp³-hybridized carbons (Fsp3) is 0.643. The number of nitrogens with one attached hydrogen (secondary N) is 1. The monoisotopic (exact) mass is 246 g/mol. The molecule has 18 heavy (non-hydrogen) atoms. The predicted molar refractivity (Wildman–Crippen MR) is 74.7 cm³/mol. The third-order valence-corrected chi connectivity index (χ3v) is 3.55. The average Bonchev–Trinajstić information content (AvgIpc) is 2.27. The summed E-state index contributed by atoms with van der Waals surface area (Å²) in [6.45, 7) is 8.44. The second-order valence-corrected chi connectivity index (χ2v) is 5.36. The maximum absolute atomic E-state index is 4.54. The van der Waals surface area contributed by atoms with Crippen molar-refractivity contribution < 1.29 is 0 Å². The van der Waals surface area contributed by atoms with Crippen LogP contribution in [0.15, 0.2) is 11.2 Å². The highest BCUT2D eigenvalue weighted by Gasteiger charge is 2.22. The number of rotatable bonds is 2. The van der Waals surface area contributed by atoms with Crippen LogP contribution in [0.25, 0.3) is 0 Å². The number of hydrazone groups is 1. The lowest BCUT2D eigenvalue weighted by molar-refractivity contribution is 0.486. The number of aryl methyl sites for hydroxylation is 2. The summed E-state index contributed by atoms with van der Waals surface area (Å²) in [5.41, 5.74) is 6.21. The van der Waals surface area contributed by atoms with Gasteiger partial charge in [0.05, 0.1) is 0 Å². The van der Waals surface area contributed by atoms with E-state index in [2.05, 4.69) is 34.3 Å². The molecule has 0 unspecified atom stereocenters. The molecule has 1 aromatic rings. The summed E-state index contributed by atoms with van der Waals surface area (Å²) in [6, 6.07) is 1.96. The molecule has 1 N–H and O–H groups in total. The fourth-order valence-corrected chi connectivity index (χ4v) is 2.62. The van der Waals surface area contributed by atoms with Crippen molar-refractivity contribution in [1.29, 1.82) is 0 Å². The summed E-state index contributed by atoms with van der Waals surface area (Å²) in [7, 11) is 0. The summed E-state index contributed by atoms with van der Waals surface area (Å²) in [5, 5.41) is 4.54. The Bertz CT molecular complexity index is 421. The third-order valence-electron chi connectivity index (χ3n) is 3.55. The largest absolute Gasteiger partial charge is 0.245 e. The molecule has 1 aliphatic carbocycles. The highest BCUT2D eigenvalue weighted by molar-refractivity contribution is 5.89. The maximum Gasteiger partial charge on any atom is 0.243 e. The number of hydrogen-bond acceptors (Lipinski definition) is 4. The van der Waals surface area contributed by atoms with E-state index in [-0.39, 0.29) is 0 Å². The van der Waals surface area contributed by atoms with Crippen LogP contribution in [0.1, 0.15) is 44.5 Å². The first-order valence-electron chi connectivity index (χ1n) is 6.72. The van der Waals surface area contributed by atoms with Crippen molar-refractivity contribution in [3.63, 3.8) is 0 Å². The van der Waals surface area contributed by atoms with Gasteiger partial charge in [-0.1, -0.05) is 20.3 Å². The summed E-state index contributed by atoms with van der Waals surface area (Å²) in [5.74, 6) is 1.73. The Morgan fingerprint density at radius 1 is 1.11 bits per heavy atom. The van der Waals surface area contributed by atoms with Gasteiger partial charge in [0.1, 0.15) is 0 Å². The third kappa shape index (κ3) is 3.06. The summed E-state index contributed by atoms with van der Waals surface area (Å²) in [4.78, 5) is 8.68. The van der Waals surface area contributed by atoms with Crippen molar-refractivity contribution in [3.05, 3.63) is 17.5 Å². The van der Waals surface area contributed by atoms with Crippen LogP contribution in [-0.2, 0) is 0 Å². The molecule has 1 fully saturated rings. The molecule has 1 saturated carbocycles. The second kappa shape index (κ2) is 5.46. The number of anilines is 1. The smallest absolute Gasteiger partial charge is 0.243 e. The van der Waals surface area contributed by atoms with Crippen LogP contribution in [0.5, 0.6) is 0 Å². The lowest BCUT2D eigenvalue weighted by atomic mass is 9.81. The molecule has 0 bridgehead atoms. The van der Waals surface area contributed by atoms with Crippen LogP contribution >= 0.6 is 0 Å². The molecule has 0 spiro atoms. The fourth-order valence-electron chi connectivity index (χ4n) is 2.62. The van der Waals surface area contributed by atoms with Crippen LogP contribution in [0.4, 0.5) is 5.95 Å². The number of hydrogen-bond donors (Lipinski definition) is 1. The summed E-state index contributed by atoms with van der Waals surface area (Å²) >= 11 is 0. The van der Waals surface area contributed by atoms with Crippen LogP contribution in [0.3, 0.4) is 0 Å². The van der Waals surface area contributed by atoms with Gasteiger partial charge in [-0.25, -0.2) is 15.4 Å².